The van der Waals surface area contributed by atoms with E-state index in [0.29, 0.717) is 16.8 Å². The first-order chi connectivity index (χ1) is 9.97. The molecule has 1 aromatic heterocycles. The van der Waals surface area contributed by atoms with Gasteiger partial charge in [0.1, 0.15) is 5.75 Å². The van der Waals surface area contributed by atoms with Gasteiger partial charge in [0.25, 0.3) is 0 Å². The van der Waals surface area contributed by atoms with E-state index in [1.807, 2.05) is 12.1 Å². The zero-order valence-electron chi connectivity index (χ0n) is 11.8. The van der Waals surface area contributed by atoms with Crippen LogP contribution in [0.2, 0.25) is 5.15 Å². The van der Waals surface area contributed by atoms with Crippen LogP contribution in [0.3, 0.4) is 0 Å². The SMILES string of the molecule is Cc1ccc(O)c2c1C(C)CC2Nc1cc(Br)cnc1Cl. The van der Waals surface area contributed by atoms with Crippen LogP contribution in [-0.2, 0) is 0 Å². The molecule has 0 saturated carbocycles. The molecule has 3 nitrogen and oxygen atoms in total. The monoisotopic (exact) mass is 366 g/mol. The lowest BCUT2D eigenvalue weighted by atomic mass is 9.97. The van der Waals surface area contributed by atoms with Gasteiger partial charge in [0.2, 0.25) is 0 Å². The average Bonchev–Trinajstić information content (AvgIpc) is 2.76. The molecule has 0 radical (unpaired) electrons. The average molecular weight is 368 g/mol. The van der Waals surface area contributed by atoms with Gasteiger partial charge in [-0.05, 0) is 58.5 Å². The van der Waals surface area contributed by atoms with Crippen LogP contribution in [0.1, 0.15) is 42.0 Å². The van der Waals surface area contributed by atoms with Gasteiger partial charge >= 0.3 is 0 Å². The van der Waals surface area contributed by atoms with E-state index in [1.165, 1.54) is 11.1 Å². The van der Waals surface area contributed by atoms with Gasteiger partial charge in [-0.25, -0.2) is 4.98 Å². The molecule has 0 fully saturated rings. The van der Waals surface area contributed by atoms with E-state index in [4.69, 9.17) is 11.6 Å². The maximum atomic E-state index is 10.2. The summed E-state index contributed by atoms with van der Waals surface area (Å²) in [4.78, 5) is 4.13. The minimum atomic E-state index is 0.0449. The Balaban J connectivity index is 2.00. The third kappa shape index (κ3) is 2.62. The largest absolute Gasteiger partial charge is 0.508 e. The quantitative estimate of drug-likeness (QED) is 0.720. The van der Waals surface area contributed by atoms with Gasteiger partial charge in [-0.3, -0.25) is 0 Å². The molecule has 5 heteroatoms. The third-order valence-corrected chi connectivity index (χ3v) is 4.78. The van der Waals surface area contributed by atoms with Crippen molar-refractivity contribution in [2.45, 2.75) is 32.2 Å². The van der Waals surface area contributed by atoms with Gasteiger partial charge in [0.05, 0.1) is 11.7 Å². The molecule has 2 aromatic rings. The molecule has 1 aliphatic carbocycles. The molecule has 2 unspecified atom stereocenters. The molecule has 1 aliphatic rings. The van der Waals surface area contributed by atoms with Crippen molar-refractivity contribution >= 4 is 33.2 Å². The van der Waals surface area contributed by atoms with Gasteiger partial charge in [0.15, 0.2) is 5.15 Å². The number of aromatic hydroxyl groups is 1. The molecular formula is C16H16BrClN2O. The van der Waals surface area contributed by atoms with Crippen LogP contribution >= 0.6 is 27.5 Å². The standard InChI is InChI=1S/C16H16BrClN2O/c1-8-3-4-13(21)15-11(5-9(2)14(8)15)20-12-6-10(17)7-19-16(12)18/h3-4,6-7,9,11,20-21H,5H2,1-2H3. The third-order valence-electron chi connectivity index (χ3n) is 4.05. The Morgan fingerprint density at radius 2 is 2.14 bits per heavy atom. The van der Waals surface area contributed by atoms with E-state index in [1.54, 1.807) is 12.3 Å². The van der Waals surface area contributed by atoms with Crippen molar-refractivity contribution in [3.8, 4) is 5.75 Å². The molecule has 2 atom stereocenters. The first-order valence-corrected chi connectivity index (χ1v) is 8.04. The highest BCUT2D eigenvalue weighted by atomic mass is 79.9. The zero-order valence-corrected chi connectivity index (χ0v) is 14.2. The summed E-state index contributed by atoms with van der Waals surface area (Å²) >= 11 is 9.56. The van der Waals surface area contributed by atoms with Crippen LogP contribution in [0.25, 0.3) is 0 Å². The van der Waals surface area contributed by atoms with Crippen molar-refractivity contribution < 1.29 is 5.11 Å². The van der Waals surface area contributed by atoms with Gasteiger partial charge in [-0.1, -0.05) is 24.6 Å². The highest BCUT2D eigenvalue weighted by Gasteiger charge is 2.32. The van der Waals surface area contributed by atoms with Crippen LogP contribution in [0.4, 0.5) is 5.69 Å². The molecule has 2 N–H and O–H groups in total. The first kappa shape index (κ1) is 14.7. The molecule has 0 spiro atoms. The Morgan fingerprint density at radius 3 is 2.90 bits per heavy atom. The Bertz CT molecular complexity index is 705. The number of nitrogens with one attached hydrogen (secondary N) is 1. The number of rotatable bonds is 2. The summed E-state index contributed by atoms with van der Waals surface area (Å²) < 4.78 is 0.870. The van der Waals surface area contributed by atoms with E-state index in [0.717, 1.165) is 22.1 Å². The predicted molar refractivity (Wildman–Crippen MR) is 89.2 cm³/mol. The molecular weight excluding hydrogens is 352 g/mol. The van der Waals surface area contributed by atoms with Crippen LogP contribution in [0, 0.1) is 6.92 Å². The summed E-state index contributed by atoms with van der Waals surface area (Å²) in [6, 6.07) is 5.69. The number of nitrogens with zero attached hydrogens (tertiary/aromatic N) is 1. The topological polar surface area (TPSA) is 45.1 Å². The summed E-state index contributed by atoms with van der Waals surface area (Å²) in [6.45, 7) is 4.28. The second-order valence-electron chi connectivity index (χ2n) is 5.55. The van der Waals surface area contributed by atoms with Crippen molar-refractivity contribution in [3.05, 3.63) is 50.7 Å². The highest BCUT2D eigenvalue weighted by molar-refractivity contribution is 9.10. The van der Waals surface area contributed by atoms with Crippen LogP contribution in [0.5, 0.6) is 5.75 Å². The van der Waals surface area contributed by atoms with E-state index in [9.17, 15) is 5.11 Å². The molecule has 1 aromatic carbocycles. The lowest BCUT2D eigenvalue weighted by Crippen LogP contribution is -2.08. The number of halogens is 2. The van der Waals surface area contributed by atoms with E-state index in [2.05, 4.69) is 40.1 Å². The maximum absolute atomic E-state index is 10.2. The zero-order chi connectivity index (χ0) is 15.1. The number of phenolic OH excluding ortho intramolecular Hbond substituents is 1. The molecule has 0 amide bonds. The van der Waals surface area contributed by atoms with Crippen molar-refractivity contribution in [1.82, 2.24) is 4.98 Å². The number of benzene rings is 1. The molecule has 0 aliphatic heterocycles. The number of phenols is 1. The van der Waals surface area contributed by atoms with Crippen molar-refractivity contribution in [2.75, 3.05) is 5.32 Å². The molecule has 0 bridgehead atoms. The summed E-state index contributed by atoms with van der Waals surface area (Å²) in [5.74, 6) is 0.750. The van der Waals surface area contributed by atoms with Crippen LogP contribution in [-0.4, -0.2) is 10.1 Å². The van der Waals surface area contributed by atoms with Crippen LogP contribution < -0.4 is 5.32 Å². The first-order valence-electron chi connectivity index (χ1n) is 6.87. The highest BCUT2D eigenvalue weighted by Crippen LogP contribution is 2.47. The lowest BCUT2D eigenvalue weighted by molar-refractivity contribution is 0.465. The summed E-state index contributed by atoms with van der Waals surface area (Å²) in [7, 11) is 0. The Morgan fingerprint density at radius 1 is 1.38 bits per heavy atom. The fraction of sp³-hybridized carbons (Fsp3) is 0.312. The van der Waals surface area contributed by atoms with Crippen LogP contribution in [0.15, 0.2) is 28.9 Å². The van der Waals surface area contributed by atoms with Gasteiger partial charge in [0, 0.05) is 16.2 Å². The summed E-state index contributed by atoms with van der Waals surface area (Å²) in [5.41, 5.74) is 4.22. The van der Waals surface area contributed by atoms with Gasteiger partial charge < -0.3 is 10.4 Å². The fourth-order valence-electron chi connectivity index (χ4n) is 3.19. The molecule has 1 heterocycles. The Labute approximate surface area is 137 Å². The minimum absolute atomic E-state index is 0.0449. The Kier molecular flexibility index (Phi) is 3.84. The maximum Gasteiger partial charge on any atom is 0.152 e. The summed E-state index contributed by atoms with van der Waals surface area (Å²) in [5, 5.41) is 14.1. The molecule has 21 heavy (non-hydrogen) atoms. The normalized spacial score (nSPS) is 20.4. The number of pyridine rings is 1. The van der Waals surface area contributed by atoms with E-state index >= 15 is 0 Å². The predicted octanol–water partition coefficient (Wildman–Crippen LogP) is 5.17. The summed E-state index contributed by atoms with van der Waals surface area (Å²) in [6.07, 6.45) is 2.59. The number of hydrogen-bond acceptors (Lipinski definition) is 3. The van der Waals surface area contributed by atoms with Crippen molar-refractivity contribution in [3.63, 3.8) is 0 Å². The number of hydrogen-bond donors (Lipinski definition) is 2. The van der Waals surface area contributed by atoms with Crippen molar-refractivity contribution in [2.24, 2.45) is 0 Å². The van der Waals surface area contributed by atoms with Gasteiger partial charge in [-0.15, -0.1) is 0 Å². The Hall–Kier alpha value is -1.26. The number of fused-ring (bicyclic) bond motifs is 1. The lowest BCUT2D eigenvalue weighted by Gasteiger charge is -2.18. The van der Waals surface area contributed by atoms with E-state index in [-0.39, 0.29) is 6.04 Å². The molecule has 110 valence electrons. The molecule has 3 rings (SSSR count). The fourth-order valence-corrected chi connectivity index (χ4v) is 3.68. The number of aromatic nitrogens is 1. The van der Waals surface area contributed by atoms with Crippen molar-refractivity contribution in [1.29, 1.82) is 0 Å². The molecule has 0 saturated heterocycles. The number of aryl methyl sites for hydroxylation is 1. The number of anilines is 1. The van der Waals surface area contributed by atoms with Gasteiger partial charge in [-0.2, -0.15) is 0 Å². The van der Waals surface area contributed by atoms with E-state index < -0.39 is 0 Å². The minimum Gasteiger partial charge on any atom is -0.508 e. The second kappa shape index (κ2) is 5.50. The second-order valence-corrected chi connectivity index (χ2v) is 6.83. The smallest absolute Gasteiger partial charge is 0.152 e.